The zero-order chi connectivity index (χ0) is 20.5. The van der Waals surface area contributed by atoms with Crippen LogP contribution in [0.5, 0.6) is 0 Å². The smallest absolute Gasteiger partial charge is 0.262 e. The number of pyridine rings is 1. The summed E-state index contributed by atoms with van der Waals surface area (Å²) in [6.45, 7) is 2.55. The van der Waals surface area contributed by atoms with Gasteiger partial charge in [-0.25, -0.2) is 9.97 Å². The Labute approximate surface area is 178 Å². The number of thioether (sulfide) groups is 1. The van der Waals surface area contributed by atoms with Gasteiger partial charge in [0.15, 0.2) is 5.16 Å². The van der Waals surface area contributed by atoms with Crippen molar-refractivity contribution in [3.8, 4) is 0 Å². The van der Waals surface area contributed by atoms with E-state index in [0.29, 0.717) is 22.8 Å². The summed E-state index contributed by atoms with van der Waals surface area (Å²) in [5, 5.41) is 1.34. The van der Waals surface area contributed by atoms with Crippen molar-refractivity contribution in [3.63, 3.8) is 0 Å². The van der Waals surface area contributed by atoms with Gasteiger partial charge in [0.1, 0.15) is 5.65 Å². The molecule has 0 aliphatic rings. The Balaban J connectivity index is 1.53. The molecular formula is C24H20N4OS. The van der Waals surface area contributed by atoms with Crippen LogP contribution in [-0.4, -0.2) is 18.9 Å². The summed E-state index contributed by atoms with van der Waals surface area (Å²) < 4.78 is 3.81. The molecule has 3 heterocycles. The zero-order valence-electron chi connectivity index (χ0n) is 16.5. The van der Waals surface area contributed by atoms with Gasteiger partial charge < -0.3 is 4.40 Å². The first kappa shape index (κ1) is 18.6. The van der Waals surface area contributed by atoms with E-state index in [1.54, 1.807) is 16.3 Å². The average Bonchev–Trinajstić information content (AvgIpc) is 3.20. The highest BCUT2D eigenvalue weighted by Crippen LogP contribution is 2.23. The number of rotatable bonds is 5. The van der Waals surface area contributed by atoms with Crippen molar-refractivity contribution in [1.82, 2.24) is 18.9 Å². The van der Waals surface area contributed by atoms with E-state index in [1.165, 1.54) is 0 Å². The van der Waals surface area contributed by atoms with Gasteiger partial charge in [-0.1, -0.05) is 60.3 Å². The minimum Gasteiger partial charge on any atom is -0.307 e. The Bertz CT molecular complexity index is 1410. The summed E-state index contributed by atoms with van der Waals surface area (Å²) in [6, 6.07) is 21.6. The monoisotopic (exact) mass is 412 g/mol. The number of benzene rings is 2. The van der Waals surface area contributed by atoms with Crippen LogP contribution in [0.4, 0.5) is 0 Å². The van der Waals surface area contributed by atoms with E-state index in [1.807, 2.05) is 77.5 Å². The third kappa shape index (κ3) is 3.50. The van der Waals surface area contributed by atoms with Gasteiger partial charge in [-0.15, -0.1) is 0 Å². The van der Waals surface area contributed by atoms with E-state index >= 15 is 0 Å². The average molecular weight is 413 g/mol. The van der Waals surface area contributed by atoms with Crippen molar-refractivity contribution in [1.29, 1.82) is 0 Å². The van der Waals surface area contributed by atoms with E-state index in [-0.39, 0.29) is 5.56 Å². The van der Waals surface area contributed by atoms with Gasteiger partial charge in [0.2, 0.25) is 0 Å². The molecule has 0 atom stereocenters. The molecule has 6 heteroatoms. The Kier molecular flexibility index (Phi) is 4.85. The standard InChI is InChI=1S/C24H20N4OS/c1-17-8-7-13-27-15-19(25-22(17)27)16-30-24-26-21-12-6-5-11-20(21)23(29)28(24)14-18-9-3-2-4-10-18/h2-13,15H,14,16H2,1H3. The van der Waals surface area contributed by atoms with Gasteiger partial charge in [-0.2, -0.15) is 0 Å². The van der Waals surface area contributed by atoms with Gasteiger partial charge in [0.05, 0.1) is 23.1 Å². The van der Waals surface area contributed by atoms with Gasteiger partial charge >= 0.3 is 0 Å². The van der Waals surface area contributed by atoms with Crippen molar-refractivity contribution < 1.29 is 0 Å². The van der Waals surface area contributed by atoms with Gasteiger partial charge in [0, 0.05) is 18.1 Å². The molecule has 0 aliphatic heterocycles. The minimum atomic E-state index is -0.0159. The molecule has 0 bridgehead atoms. The van der Waals surface area contributed by atoms with Crippen LogP contribution >= 0.6 is 11.8 Å². The summed E-state index contributed by atoms with van der Waals surface area (Å²) in [4.78, 5) is 22.8. The van der Waals surface area contributed by atoms with Crippen LogP contribution in [0.2, 0.25) is 0 Å². The number of hydrogen-bond acceptors (Lipinski definition) is 4. The molecule has 0 saturated heterocycles. The normalized spacial score (nSPS) is 11.4. The molecule has 5 nitrogen and oxygen atoms in total. The highest BCUT2D eigenvalue weighted by Gasteiger charge is 2.13. The molecule has 0 radical (unpaired) electrons. The number of nitrogens with zero attached hydrogens (tertiary/aromatic N) is 4. The molecule has 0 aliphatic carbocycles. The molecular weight excluding hydrogens is 392 g/mol. The predicted octanol–water partition coefficient (Wildman–Crippen LogP) is 4.69. The van der Waals surface area contributed by atoms with Crippen molar-refractivity contribution in [2.45, 2.75) is 24.4 Å². The molecule has 0 saturated carbocycles. The maximum Gasteiger partial charge on any atom is 0.262 e. The Morgan fingerprint density at radius 1 is 0.933 bits per heavy atom. The van der Waals surface area contributed by atoms with Crippen LogP contribution in [0, 0.1) is 6.92 Å². The minimum absolute atomic E-state index is 0.0159. The predicted molar refractivity (Wildman–Crippen MR) is 121 cm³/mol. The number of fused-ring (bicyclic) bond motifs is 2. The molecule has 30 heavy (non-hydrogen) atoms. The first-order valence-electron chi connectivity index (χ1n) is 9.78. The zero-order valence-corrected chi connectivity index (χ0v) is 17.3. The maximum absolute atomic E-state index is 13.2. The largest absolute Gasteiger partial charge is 0.307 e. The molecule has 0 amide bonds. The summed E-state index contributed by atoms with van der Waals surface area (Å²) in [5.41, 5.74) is 4.84. The number of para-hydroxylation sites is 1. The first-order valence-corrected chi connectivity index (χ1v) is 10.8. The van der Waals surface area contributed by atoms with Crippen LogP contribution < -0.4 is 5.56 Å². The number of hydrogen-bond donors (Lipinski definition) is 0. The maximum atomic E-state index is 13.2. The lowest BCUT2D eigenvalue weighted by molar-refractivity contribution is 0.658. The van der Waals surface area contributed by atoms with E-state index in [2.05, 4.69) is 13.0 Å². The van der Waals surface area contributed by atoms with E-state index in [4.69, 9.17) is 9.97 Å². The lowest BCUT2D eigenvalue weighted by Crippen LogP contribution is -2.24. The van der Waals surface area contributed by atoms with Crippen LogP contribution in [0.3, 0.4) is 0 Å². The third-order valence-electron chi connectivity index (χ3n) is 5.09. The van der Waals surface area contributed by atoms with Gasteiger partial charge in [0.25, 0.3) is 5.56 Å². The molecule has 5 rings (SSSR count). The molecule has 0 N–H and O–H groups in total. The Morgan fingerprint density at radius 2 is 1.73 bits per heavy atom. The molecule has 2 aromatic carbocycles. The van der Waals surface area contributed by atoms with E-state index in [9.17, 15) is 4.79 Å². The third-order valence-corrected chi connectivity index (χ3v) is 6.10. The first-order chi connectivity index (χ1) is 14.7. The summed E-state index contributed by atoms with van der Waals surface area (Å²) in [6.07, 6.45) is 4.04. The molecule has 0 spiro atoms. The highest BCUT2D eigenvalue weighted by atomic mass is 32.2. The lowest BCUT2D eigenvalue weighted by Gasteiger charge is -2.13. The lowest BCUT2D eigenvalue weighted by atomic mass is 10.2. The SMILES string of the molecule is Cc1cccn2cc(CSc3nc4ccccc4c(=O)n3Cc3ccccc3)nc12. The van der Waals surface area contributed by atoms with Crippen molar-refractivity contribution in [2.75, 3.05) is 0 Å². The van der Waals surface area contributed by atoms with Crippen LogP contribution in [0.1, 0.15) is 16.8 Å². The second-order valence-electron chi connectivity index (χ2n) is 7.23. The molecule has 148 valence electrons. The fourth-order valence-corrected chi connectivity index (χ4v) is 4.46. The number of imidazole rings is 1. The van der Waals surface area contributed by atoms with Crippen molar-refractivity contribution in [3.05, 3.63) is 106 Å². The van der Waals surface area contributed by atoms with Crippen LogP contribution in [0.25, 0.3) is 16.6 Å². The topological polar surface area (TPSA) is 52.2 Å². The second kappa shape index (κ2) is 7.80. The molecule has 5 aromatic rings. The fourth-order valence-electron chi connectivity index (χ4n) is 3.58. The van der Waals surface area contributed by atoms with E-state index in [0.717, 1.165) is 28.0 Å². The van der Waals surface area contributed by atoms with Crippen LogP contribution in [0.15, 0.2) is 89.1 Å². The quantitative estimate of drug-likeness (QED) is 0.310. The van der Waals surface area contributed by atoms with E-state index < -0.39 is 0 Å². The second-order valence-corrected chi connectivity index (χ2v) is 8.17. The molecule has 0 fully saturated rings. The van der Waals surface area contributed by atoms with Crippen molar-refractivity contribution in [2.24, 2.45) is 0 Å². The Morgan fingerprint density at radius 3 is 2.57 bits per heavy atom. The molecule has 3 aromatic heterocycles. The summed E-state index contributed by atoms with van der Waals surface area (Å²) >= 11 is 1.55. The summed E-state index contributed by atoms with van der Waals surface area (Å²) in [7, 11) is 0. The Hall–Kier alpha value is -3.38. The number of aryl methyl sites for hydroxylation is 1. The van der Waals surface area contributed by atoms with Gasteiger partial charge in [-0.05, 0) is 36.2 Å². The van der Waals surface area contributed by atoms with Crippen molar-refractivity contribution >= 4 is 28.3 Å². The van der Waals surface area contributed by atoms with Gasteiger partial charge in [-0.3, -0.25) is 9.36 Å². The fraction of sp³-hybridized carbons (Fsp3) is 0.125. The number of aromatic nitrogens is 4. The highest BCUT2D eigenvalue weighted by molar-refractivity contribution is 7.98. The molecule has 0 unspecified atom stereocenters. The summed E-state index contributed by atoms with van der Waals surface area (Å²) in [5.74, 6) is 0.640. The van der Waals surface area contributed by atoms with Crippen LogP contribution in [-0.2, 0) is 12.3 Å².